The number of amides is 1. The first-order chi connectivity index (χ1) is 10.3. The van der Waals surface area contributed by atoms with Gasteiger partial charge in [-0.1, -0.05) is 13.8 Å². The highest BCUT2D eigenvalue weighted by Crippen LogP contribution is 2.18. The zero-order valence-corrected chi connectivity index (χ0v) is 14.3. The van der Waals surface area contributed by atoms with Gasteiger partial charge in [-0.25, -0.2) is 8.42 Å². The molecule has 0 heterocycles. The first kappa shape index (κ1) is 18.4. The quantitative estimate of drug-likeness (QED) is 0.784. The van der Waals surface area contributed by atoms with E-state index in [1.54, 1.807) is 12.1 Å². The van der Waals surface area contributed by atoms with E-state index in [1.165, 1.54) is 26.3 Å². The molecule has 22 heavy (non-hydrogen) atoms. The van der Waals surface area contributed by atoms with Gasteiger partial charge >= 0.3 is 0 Å². The van der Waals surface area contributed by atoms with E-state index in [0.717, 1.165) is 10.7 Å². The van der Waals surface area contributed by atoms with Gasteiger partial charge in [-0.15, -0.1) is 0 Å². The lowest BCUT2D eigenvalue weighted by Gasteiger charge is -2.17. The smallest absolute Gasteiger partial charge is 0.243 e. The summed E-state index contributed by atoms with van der Waals surface area (Å²) in [6.45, 7) is 4.47. The van der Waals surface area contributed by atoms with E-state index in [4.69, 9.17) is 4.74 Å². The maximum Gasteiger partial charge on any atom is 0.243 e. The van der Waals surface area contributed by atoms with Crippen LogP contribution in [0.4, 0.5) is 0 Å². The van der Waals surface area contributed by atoms with Crippen molar-refractivity contribution in [1.29, 1.82) is 0 Å². The minimum atomic E-state index is -3.68. The molecule has 1 aromatic carbocycles. The number of benzene rings is 1. The topological polar surface area (TPSA) is 75.7 Å². The van der Waals surface area contributed by atoms with Crippen molar-refractivity contribution in [1.82, 2.24) is 9.62 Å². The maximum atomic E-state index is 12.4. The molecule has 0 unspecified atom stereocenters. The molecule has 7 heteroatoms. The summed E-state index contributed by atoms with van der Waals surface area (Å²) >= 11 is 0. The molecule has 1 amide bonds. The molecule has 124 valence electrons. The summed E-state index contributed by atoms with van der Waals surface area (Å²) in [6.07, 6.45) is 0.862. The lowest BCUT2D eigenvalue weighted by molar-refractivity contribution is -0.121. The Bertz CT molecular complexity index is 582. The summed E-state index contributed by atoms with van der Waals surface area (Å²) in [5.74, 6) is 0.759. The molecule has 1 rings (SSSR count). The second-order valence-corrected chi connectivity index (χ2v) is 7.51. The van der Waals surface area contributed by atoms with Gasteiger partial charge in [0.05, 0.1) is 18.6 Å². The Morgan fingerprint density at radius 3 is 2.36 bits per heavy atom. The summed E-state index contributed by atoms with van der Waals surface area (Å²) < 4.78 is 30.7. The number of rotatable bonds is 8. The van der Waals surface area contributed by atoms with Gasteiger partial charge in [0, 0.05) is 13.6 Å². The van der Waals surface area contributed by atoms with Crippen molar-refractivity contribution < 1.29 is 17.9 Å². The van der Waals surface area contributed by atoms with Gasteiger partial charge in [0.2, 0.25) is 15.9 Å². The van der Waals surface area contributed by atoms with Gasteiger partial charge in [0.15, 0.2) is 0 Å². The summed E-state index contributed by atoms with van der Waals surface area (Å²) in [4.78, 5) is 11.9. The molecule has 6 nitrogen and oxygen atoms in total. The highest BCUT2D eigenvalue weighted by atomic mass is 32.2. The van der Waals surface area contributed by atoms with Crippen LogP contribution < -0.4 is 10.1 Å². The highest BCUT2D eigenvalue weighted by molar-refractivity contribution is 7.89. The van der Waals surface area contributed by atoms with Crippen LogP contribution in [0.1, 0.15) is 20.3 Å². The lowest BCUT2D eigenvalue weighted by atomic mass is 10.1. The van der Waals surface area contributed by atoms with Crippen molar-refractivity contribution in [2.24, 2.45) is 5.92 Å². The SMILES string of the molecule is COc1ccc(S(=O)(=O)N(C)CC(=O)NCCC(C)C)cc1. The minimum Gasteiger partial charge on any atom is -0.497 e. The Balaban J connectivity index is 2.65. The summed E-state index contributed by atoms with van der Waals surface area (Å²) in [6, 6.07) is 6.07. The van der Waals surface area contributed by atoms with E-state index in [-0.39, 0.29) is 17.3 Å². The lowest BCUT2D eigenvalue weighted by Crippen LogP contribution is -2.38. The number of carbonyl (C=O) groups excluding carboxylic acids is 1. The van der Waals surface area contributed by atoms with Crippen LogP contribution in [0.2, 0.25) is 0 Å². The average molecular weight is 328 g/mol. The molecule has 0 saturated heterocycles. The Morgan fingerprint density at radius 2 is 1.86 bits per heavy atom. The van der Waals surface area contributed by atoms with Crippen molar-refractivity contribution in [2.45, 2.75) is 25.2 Å². The van der Waals surface area contributed by atoms with Crippen molar-refractivity contribution in [3.8, 4) is 5.75 Å². The number of carbonyl (C=O) groups is 1. The zero-order chi connectivity index (χ0) is 16.8. The van der Waals surface area contributed by atoms with Crippen molar-refractivity contribution in [2.75, 3.05) is 27.2 Å². The van der Waals surface area contributed by atoms with Gasteiger partial charge in [0.25, 0.3) is 0 Å². The number of nitrogens with one attached hydrogen (secondary N) is 1. The van der Waals surface area contributed by atoms with E-state index in [0.29, 0.717) is 18.2 Å². The largest absolute Gasteiger partial charge is 0.497 e. The van der Waals surface area contributed by atoms with E-state index in [1.807, 2.05) is 0 Å². The standard InChI is InChI=1S/C15H24N2O4S/c1-12(2)9-10-16-15(18)11-17(3)22(19,20)14-7-5-13(21-4)6-8-14/h5-8,12H,9-11H2,1-4H3,(H,16,18). The number of hydrogen-bond donors (Lipinski definition) is 1. The number of methoxy groups -OCH3 is 1. The molecular weight excluding hydrogens is 304 g/mol. The number of nitrogens with zero attached hydrogens (tertiary/aromatic N) is 1. The summed E-state index contributed by atoms with van der Waals surface area (Å²) in [5.41, 5.74) is 0. The van der Waals surface area contributed by atoms with Crippen LogP contribution in [0.15, 0.2) is 29.2 Å². The molecule has 0 saturated carbocycles. The number of hydrogen-bond acceptors (Lipinski definition) is 4. The van der Waals surface area contributed by atoms with Crippen LogP contribution in [0.3, 0.4) is 0 Å². The van der Waals surface area contributed by atoms with Gasteiger partial charge in [-0.2, -0.15) is 4.31 Å². The normalized spacial score (nSPS) is 11.7. The van der Waals surface area contributed by atoms with Crippen molar-refractivity contribution in [3.05, 3.63) is 24.3 Å². The number of sulfonamides is 1. The predicted octanol–water partition coefficient (Wildman–Crippen LogP) is 1.48. The fourth-order valence-electron chi connectivity index (χ4n) is 1.77. The van der Waals surface area contributed by atoms with Gasteiger partial charge in [-0.3, -0.25) is 4.79 Å². The molecule has 0 radical (unpaired) electrons. The van der Waals surface area contributed by atoms with Gasteiger partial charge in [0.1, 0.15) is 5.75 Å². The average Bonchev–Trinajstić information content (AvgIpc) is 2.46. The molecule has 1 aromatic rings. The minimum absolute atomic E-state index is 0.130. The van der Waals surface area contributed by atoms with Crippen molar-refractivity contribution >= 4 is 15.9 Å². The van der Waals surface area contributed by atoms with Gasteiger partial charge < -0.3 is 10.1 Å². The fraction of sp³-hybridized carbons (Fsp3) is 0.533. The number of ether oxygens (including phenoxy) is 1. The molecule has 0 aliphatic rings. The van der Waals surface area contributed by atoms with Crippen LogP contribution >= 0.6 is 0 Å². The van der Waals surface area contributed by atoms with E-state index in [9.17, 15) is 13.2 Å². The maximum absolute atomic E-state index is 12.4. The van der Waals surface area contributed by atoms with Crippen LogP contribution in [0, 0.1) is 5.92 Å². The summed E-state index contributed by atoms with van der Waals surface area (Å²) in [7, 11) is -0.782. The molecule has 0 fully saturated rings. The molecular formula is C15H24N2O4S. The molecule has 0 spiro atoms. The Labute approximate surface area is 132 Å². The fourth-order valence-corrected chi connectivity index (χ4v) is 2.90. The highest BCUT2D eigenvalue weighted by Gasteiger charge is 2.22. The first-order valence-corrected chi connectivity index (χ1v) is 8.58. The third-order valence-corrected chi connectivity index (χ3v) is 5.00. The van der Waals surface area contributed by atoms with Crippen LogP contribution in [0.25, 0.3) is 0 Å². The summed E-state index contributed by atoms with van der Waals surface area (Å²) in [5, 5.41) is 2.72. The first-order valence-electron chi connectivity index (χ1n) is 7.14. The van der Waals surface area contributed by atoms with Crippen LogP contribution in [-0.2, 0) is 14.8 Å². The van der Waals surface area contributed by atoms with Gasteiger partial charge in [-0.05, 0) is 36.6 Å². The second-order valence-electron chi connectivity index (χ2n) is 5.47. The third-order valence-electron chi connectivity index (χ3n) is 3.18. The van der Waals surface area contributed by atoms with Crippen LogP contribution in [-0.4, -0.2) is 45.9 Å². The van der Waals surface area contributed by atoms with Crippen LogP contribution in [0.5, 0.6) is 5.75 Å². The monoisotopic (exact) mass is 328 g/mol. The number of likely N-dealkylation sites (N-methyl/N-ethyl adjacent to an activating group) is 1. The molecule has 0 aromatic heterocycles. The second kappa shape index (κ2) is 8.14. The van der Waals surface area contributed by atoms with E-state index in [2.05, 4.69) is 19.2 Å². The zero-order valence-electron chi connectivity index (χ0n) is 13.5. The molecule has 0 aliphatic heterocycles. The Morgan fingerprint density at radius 1 is 1.27 bits per heavy atom. The Hall–Kier alpha value is -1.60. The third kappa shape index (κ3) is 5.31. The Kier molecular flexibility index (Phi) is 6.83. The van der Waals surface area contributed by atoms with E-state index >= 15 is 0 Å². The predicted molar refractivity (Wildman–Crippen MR) is 85.3 cm³/mol. The van der Waals surface area contributed by atoms with E-state index < -0.39 is 10.0 Å². The molecule has 1 N–H and O–H groups in total. The molecule has 0 atom stereocenters. The van der Waals surface area contributed by atoms with Crippen molar-refractivity contribution in [3.63, 3.8) is 0 Å². The molecule has 0 aliphatic carbocycles. The molecule has 0 bridgehead atoms.